The number of aromatic hydroxyl groups is 1. The molecule has 5 rings (SSSR count). The molecule has 0 radical (unpaired) electrons. The maximum Gasteiger partial charge on any atom is 0.273 e. The number of hydrogen-bond donors (Lipinski definition) is 2. The largest absolute Gasteiger partial charge is 0.507 e. The van der Waals surface area contributed by atoms with E-state index in [0.717, 1.165) is 27.8 Å². The number of rotatable bonds is 4. The smallest absolute Gasteiger partial charge is 0.273 e. The zero-order valence-corrected chi connectivity index (χ0v) is 17.3. The highest BCUT2D eigenvalue weighted by Gasteiger charge is 2.42. The molecule has 0 bridgehead atoms. The van der Waals surface area contributed by atoms with Crippen LogP contribution in [0.4, 0.5) is 0 Å². The summed E-state index contributed by atoms with van der Waals surface area (Å²) < 4.78 is 0. The second-order valence-corrected chi connectivity index (χ2v) is 7.99. The van der Waals surface area contributed by atoms with Gasteiger partial charge in [-0.1, -0.05) is 47.5 Å². The number of amides is 1. The van der Waals surface area contributed by atoms with Crippen molar-refractivity contribution in [2.75, 3.05) is 0 Å². The Balaban J connectivity index is 1.68. The number of aromatic amines is 1. The number of phenolic OH excluding ortho intramolecular Hbond substituents is 1. The molecule has 4 aromatic rings. The van der Waals surface area contributed by atoms with Crippen molar-refractivity contribution in [1.29, 1.82) is 0 Å². The quantitative estimate of drug-likeness (QED) is 0.517. The van der Waals surface area contributed by atoms with E-state index in [1.807, 2.05) is 67.3 Å². The van der Waals surface area contributed by atoms with Crippen LogP contribution in [-0.2, 0) is 6.54 Å². The molecule has 0 saturated heterocycles. The minimum atomic E-state index is -0.322. The molecule has 6 nitrogen and oxygen atoms in total. The van der Waals surface area contributed by atoms with Crippen LogP contribution in [0.1, 0.15) is 44.3 Å². The summed E-state index contributed by atoms with van der Waals surface area (Å²) in [5.41, 5.74) is 6.57. The van der Waals surface area contributed by atoms with Gasteiger partial charge in [0.25, 0.3) is 5.91 Å². The number of nitrogens with zero attached hydrogens (tertiary/aromatic N) is 3. The van der Waals surface area contributed by atoms with Crippen molar-refractivity contribution in [2.45, 2.75) is 26.4 Å². The molecule has 2 N–H and O–H groups in total. The van der Waals surface area contributed by atoms with Crippen molar-refractivity contribution in [2.24, 2.45) is 0 Å². The third-order valence-electron chi connectivity index (χ3n) is 5.74. The monoisotopic (exact) mass is 410 g/mol. The zero-order valence-electron chi connectivity index (χ0n) is 17.3. The van der Waals surface area contributed by atoms with Crippen LogP contribution in [0, 0.1) is 13.8 Å². The lowest BCUT2D eigenvalue weighted by Gasteiger charge is -2.26. The van der Waals surface area contributed by atoms with Crippen molar-refractivity contribution >= 4 is 5.91 Å². The number of aromatic nitrogens is 3. The number of nitrogens with one attached hydrogen (secondary N) is 1. The Labute approximate surface area is 180 Å². The van der Waals surface area contributed by atoms with Gasteiger partial charge in [-0.2, -0.15) is 5.10 Å². The number of H-pyrrole nitrogens is 1. The van der Waals surface area contributed by atoms with Crippen LogP contribution in [0.5, 0.6) is 5.75 Å². The molecule has 1 aliphatic rings. The van der Waals surface area contributed by atoms with Crippen LogP contribution in [0.2, 0.25) is 0 Å². The zero-order chi connectivity index (χ0) is 21.5. The number of fused-ring (bicyclic) bond motifs is 1. The highest BCUT2D eigenvalue weighted by Crippen LogP contribution is 2.45. The number of aryl methyl sites for hydroxylation is 2. The summed E-state index contributed by atoms with van der Waals surface area (Å²) in [4.78, 5) is 19.4. The second-order valence-electron chi connectivity index (χ2n) is 7.99. The van der Waals surface area contributed by atoms with Crippen molar-refractivity contribution in [3.63, 3.8) is 0 Å². The molecule has 0 saturated carbocycles. The van der Waals surface area contributed by atoms with Crippen LogP contribution < -0.4 is 0 Å². The molecule has 0 spiro atoms. The summed E-state index contributed by atoms with van der Waals surface area (Å²) in [6, 6.07) is 17.1. The molecule has 2 aromatic carbocycles. The average molecular weight is 410 g/mol. The van der Waals surface area contributed by atoms with Gasteiger partial charge in [0.05, 0.1) is 6.04 Å². The first-order chi connectivity index (χ1) is 15.0. The van der Waals surface area contributed by atoms with Gasteiger partial charge in [-0.25, -0.2) is 0 Å². The predicted molar refractivity (Wildman–Crippen MR) is 118 cm³/mol. The van der Waals surface area contributed by atoms with E-state index in [-0.39, 0.29) is 17.7 Å². The lowest BCUT2D eigenvalue weighted by atomic mass is 9.94. The molecule has 0 fully saturated rings. The average Bonchev–Trinajstić information content (AvgIpc) is 3.31. The Morgan fingerprint density at radius 1 is 1.06 bits per heavy atom. The summed E-state index contributed by atoms with van der Waals surface area (Å²) in [5.74, 6) is 0.0241. The van der Waals surface area contributed by atoms with Crippen molar-refractivity contribution in [3.05, 3.63) is 101 Å². The van der Waals surface area contributed by atoms with E-state index < -0.39 is 0 Å². The van der Waals surface area contributed by atoms with Crippen molar-refractivity contribution in [1.82, 2.24) is 20.1 Å². The standard InChI is InChI=1S/C25H22N4O2/c1-15-5-8-18(9-6-15)24-21-22(19-12-16(2)7-10-20(19)30)27-28-23(21)25(31)29(24)14-17-4-3-11-26-13-17/h3-13,24,30H,14H2,1-2H3,(H,27,28)/t24-/m0/s1. The first kappa shape index (κ1) is 19.1. The lowest BCUT2D eigenvalue weighted by Crippen LogP contribution is -2.29. The molecular weight excluding hydrogens is 388 g/mol. The van der Waals surface area contributed by atoms with Crippen molar-refractivity contribution < 1.29 is 9.90 Å². The molecule has 2 aromatic heterocycles. The van der Waals surface area contributed by atoms with Crippen LogP contribution >= 0.6 is 0 Å². The van der Waals surface area contributed by atoms with Gasteiger partial charge in [-0.15, -0.1) is 0 Å². The summed E-state index contributed by atoms with van der Waals surface area (Å²) >= 11 is 0. The summed E-state index contributed by atoms with van der Waals surface area (Å²) in [6.45, 7) is 4.43. The van der Waals surface area contributed by atoms with Gasteiger partial charge in [0.15, 0.2) is 0 Å². The maximum atomic E-state index is 13.4. The number of carbonyl (C=O) groups excluding carboxylic acids is 1. The fraction of sp³-hybridized carbons (Fsp3) is 0.160. The summed E-state index contributed by atoms with van der Waals surface area (Å²) in [7, 11) is 0. The highest BCUT2D eigenvalue weighted by atomic mass is 16.3. The first-order valence-electron chi connectivity index (χ1n) is 10.2. The van der Waals surface area contributed by atoms with Gasteiger partial charge in [0, 0.05) is 30.1 Å². The molecule has 0 aliphatic carbocycles. The van der Waals surface area contributed by atoms with E-state index in [4.69, 9.17) is 0 Å². The number of pyridine rings is 1. The van der Waals surface area contributed by atoms with Gasteiger partial charge in [-0.3, -0.25) is 14.9 Å². The summed E-state index contributed by atoms with van der Waals surface area (Å²) in [5, 5.41) is 17.9. The normalized spacial score (nSPS) is 15.4. The number of carbonyl (C=O) groups is 1. The van der Waals surface area contributed by atoms with Crippen LogP contribution in [-0.4, -0.2) is 31.1 Å². The fourth-order valence-corrected chi connectivity index (χ4v) is 4.19. The Bertz CT molecular complexity index is 1260. The molecule has 1 aliphatic heterocycles. The third-order valence-corrected chi connectivity index (χ3v) is 5.74. The topological polar surface area (TPSA) is 82.1 Å². The minimum absolute atomic E-state index is 0.115. The van der Waals surface area contributed by atoms with E-state index >= 15 is 0 Å². The Morgan fingerprint density at radius 2 is 1.84 bits per heavy atom. The van der Waals surface area contributed by atoms with E-state index in [1.165, 1.54) is 0 Å². The molecule has 154 valence electrons. The number of benzene rings is 2. The number of hydrogen-bond acceptors (Lipinski definition) is 4. The maximum absolute atomic E-state index is 13.4. The second kappa shape index (κ2) is 7.40. The third kappa shape index (κ3) is 3.26. The molecule has 6 heteroatoms. The first-order valence-corrected chi connectivity index (χ1v) is 10.2. The van der Waals surface area contributed by atoms with Crippen LogP contribution in [0.15, 0.2) is 67.0 Å². The Kier molecular flexibility index (Phi) is 4.55. The lowest BCUT2D eigenvalue weighted by molar-refractivity contribution is 0.0730. The molecule has 0 unspecified atom stereocenters. The van der Waals surface area contributed by atoms with Gasteiger partial charge in [0.2, 0.25) is 0 Å². The van der Waals surface area contributed by atoms with Gasteiger partial charge in [0.1, 0.15) is 17.1 Å². The van der Waals surface area contributed by atoms with E-state index in [0.29, 0.717) is 23.5 Å². The van der Waals surface area contributed by atoms with Gasteiger partial charge >= 0.3 is 0 Å². The highest BCUT2D eigenvalue weighted by molar-refractivity contribution is 6.00. The molecule has 1 amide bonds. The van der Waals surface area contributed by atoms with Gasteiger partial charge < -0.3 is 10.0 Å². The van der Waals surface area contributed by atoms with E-state index in [9.17, 15) is 9.90 Å². The SMILES string of the molecule is Cc1ccc([C@H]2c3c(-c4cc(C)ccc4O)n[nH]c3C(=O)N2Cc2cccnc2)cc1. The molecule has 1 atom stereocenters. The van der Waals surface area contributed by atoms with E-state index in [2.05, 4.69) is 15.2 Å². The van der Waals surface area contributed by atoms with Crippen LogP contribution in [0.3, 0.4) is 0 Å². The predicted octanol–water partition coefficient (Wildman–Crippen LogP) is 4.54. The van der Waals surface area contributed by atoms with E-state index in [1.54, 1.807) is 18.5 Å². The fourth-order valence-electron chi connectivity index (χ4n) is 4.19. The summed E-state index contributed by atoms with van der Waals surface area (Å²) in [6.07, 6.45) is 3.50. The minimum Gasteiger partial charge on any atom is -0.507 e. The Hall–Kier alpha value is -3.93. The Morgan fingerprint density at radius 3 is 2.58 bits per heavy atom. The van der Waals surface area contributed by atoms with Gasteiger partial charge in [-0.05, 0) is 43.2 Å². The molecular formula is C25H22N4O2. The molecule has 3 heterocycles. The number of phenols is 1. The van der Waals surface area contributed by atoms with Crippen LogP contribution in [0.25, 0.3) is 11.3 Å². The molecule has 31 heavy (non-hydrogen) atoms. The van der Waals surface area contributed by atoms with Crippen molar-refractivity contribution in [3.8, 4) is 17.0 Å².